The van der Waals surface area contributed by atoms with Gasteiger partial charge in [0.15, 0.2) is 5.03 Å². The number of aliphatic hydroxyl groups is 1. The SMILES string of the molecule is O=S(=O)(c1ccc(F)cn1)N1[C@H](CO)CC[C@@H]1c1ccc(F)cc1. The largest absolute Gasteiger partial charge is 0.395 e. The van der Waals surface area contributed by atoms with Crippen LogP contribution in [0, 0.1) is 11.6 Å². The van der Waals surface area contributed by atoms with E-state index in [0.717, 1.165) is 18.3 Å². The molecule has 0 saturated carbocycles. The van der Waals surface area contributed by atoms with E-state index in [9.17, 15) is 22.3 Å². The first-order valence-electron chi connectivity index (χ1n) is 7.45. The molecule has 1 aromatic heterocycles. The maximum Gasteiger partial charge on any atom is 0.261 e. The average molecular weight is 354 g/mol. The van der Waals surface area contributed by atoms with Gasteiger partial charge in [0.05, 0.1) is 18.8 Å². The predicted molar refractivity (Wildman–Crippen MR) is 82.5 cm³/mol. The Morgan fingerprint density at radius 3 is 2.33 bits per heavy atom. The van der Waals surface area contributed by atoms with Crippen LogP contribution in [0.25, 0.3) is 0 Å². The molecule has 1 fully saturated rings. The van der Waals surface area contributed by atoms with Crippen molar-refractivity contribution in [3.63, 3.8) is 0 Å². The summed E-state index contributed by atoms with van der Waals surface area (Å²) in [6, 6.07) is 6.58. The van der Waals surface area contributed by atoms with Crippen LogP contribution in [0.15, 0.2) is 47.6 Å². The second-order valence-electron chi connectivity index (χ2n) is 5.63. The minimum Gasteiger partial charge on any atom is -0.395 e. The Balaban J connectivity index is 2.02. The lowest BCUT2D eigenvalue weighted by atomic mass is 10.1. The van der Waals surface area contributed by atoms with Crippen LogP contribution in [0.5, 0.6) is 0 Å². The summed E-state index contributed by atoms with van der Waals surface area (Å²) in [6.45, 7) is -0.335. The smallest absolute Gasteiger partial charge is 0.261 e. The van der Waals surface area contributed by atoms with Gasteiger partial charge < -0.3 is 5.11 Å². The Labute approximate surface area is 138 Å². The maximum atomic E-state index is 13.1. The molecular formula is C16H16F2N2O3S. The summed E-state index contributed by atoms with van der Waals surface area (Å²) in [5.74, 6) is -1.05. The topological polar surface area (TPSA) is 70.5 Å². The van der Waals surface area contributed by atoms with Crippen LogP contribution in [0.2, 0.25) is 0 Å². The molecule has 1 aromatic carbocycles. The molecule has 1 aliphatic rings. The average Bonchev–Trinajstić information content (AvgIpc) is 3.01. The lowest BCUT2D eigenvalue weighted by molar-refractivity contribution is 0.197. The molecule has 2 atom stereocenters. The molecule has 8 heteroatoms. The number of benzene rings is 1. The van der Waals surface area contributed by atoms with Crippen molar-refractivity contribution in [2.75, 3.05) is 6.61 Å². The standard InChI is InChI=1S/C16H16F2N2O3S/c17-12-3-1-11(2-4-12)15-7-6-14(10-21)20(15)24(22,23)16-8-5-13(18)9-19-16/h1-5,8-9,14-15,21H,6-7,10H2/t14-,15+/m0/s1. The van der Waals surface area contributed by atoms with E-state index >= 15 is 0 Å². The third-order valence-electron chi connectivity index (χ3n) is 4.15. The Bertz CT molecular complexity index is 810. The van der Waals surface area contributed by atoms with E-state index in [2.05, 4.69) is 4.98 Å². The number of nitrogens with zero attached hydrogens (tertiary/aromatic N) is 2. The van der Waals surface area contributed by atoms with Crippen molar-refractivity contribution in [3.05, 3.63) is 59.8 Å². The van der Waals surface area contributed by atoms with Crippen LogP contribution >= 0.6 is 0 Å². The van der Waals surface area contributed by atoms with Gasteiger partial charge in [-0.25, -0.2) is 22.2 Å². The van der Waals surface area contributed by atoms with Crippen molar-refractivity contribution in [3.8, 4) is 0 Å². The number of hydrogen-bond donors (Lipinski definition) is 1. The molecule has 1 N–H and O–H groups in total. The van der Waals surface area contributed by atoms with E-state index in [1.54, 1.807) is 0 Å². The molecule has 0 bridgehead atoms. The summed E-state index contributed by atoms with van der Waals surface area (Å²) in [4.78, 5) is 3.66. The highest BCUT2D eigenvalue weighted by molar-refractivity contribution is 7.89. The van der Waals surface area contributed by atoms with Gasteiger partial charge >= 0.3 is 0 Å². The zero-order valence-corrected chi connectivity index (χ0v) is 13.5. The highest BCUT2D eigenvalue weighted by Gasteiger charge is 2.43. The van der Waals surface area contributed by atoms with Crippen LogP contribution in [-0.2, 0) is 10.0 Å². The number of rotatable bonds is 4. The van der Waals surface area contributed by atoms with Crippen LogP contribution in [0.4, 0.5) is 8.78 Å². The monoisotopic (exact) mass is 354 g/mol. The highest BCUT2D eigenvalue weighted by Crippen LogP contribution is 2.40. The fourth-order valence-corrected chi connectivity index (χ4v) is 4.78. The van der Waals surface area contributed by atoms with Crippen molar-refractivity contribution < 1.29 is 22.3 Å². The first-order valence-corrected chi connectivity index (χ1v) is 8.89. The van der Waals surface area contributed by atoms with Gasteiger partial charge in [0.2, 0.25) is 0 Å². The fraction of sp³-hybridized carbons (Fsp3) is 0.312. The number of hydrogen-bond acceptors (Lipinski definition) is 4. The fourth-order valence-electron chi connectivity index (χ4n) is 3.02. The van der Waals surface area contributed by atoms with E-state index in [1.165, 1.54) is 28.6 Å². The third kappa shape index (κ3) is 3.04. The molecule has 0 radical (unpaired) electrons. The van der Waals surface area contributed by atoms with Gasteiger partial charge in [0, 0.05) is 6.04 Å². The molecule has 0 amide bonds. The van der Waals surface area contributed by atoms with Crippen molar-refractivity contribution in [2.45, 2.75) is 30.0 Å². The molecule has 1 saturated heterocycles. The number of sulfonamides is 1. The Morgan fingerprint density at radius 2 is 1.75 bits per heavy atom. The maximum absolute atomic E-state index is 13.1. The molecule has 5 nitrogen and oxygen atoms in total. The molecule has 2 heterocycles. The number of aliphatic hydroxyl groups excluding tert-OH is 1. The second-order valence-corrected chi connectivity index (χ2v) is 7.42. The summed E-state index contributed by atoms with van der Waals surface area (Å²) >= 11 is 0. The van der Waals surface area contributed by atoms with Crippen molar-refractivity contribution in [1.29, 1.82) is 0 Å². The number of pyridine rings is 1. The Hall–Kier alpha value is -1.90. The first-order chi connectivity index (χ1) is 11.4. The zero-order valence-electron chi connectivity index (χ0n) is 12.6. The minimum absolute atomic E-state index is 0.281. The Morgan fingerprint density at radius 1 is 1.08 bits per heavy atom. The van der Waals surface area contributed by atoms with Gasteiger partial charge in [-0.3, -0.25) is 0 Å². The normalized spacial score (nSPS) is 22.0. The molecule has 1 aliphatic heterocycles. The summed E-state index contributed by atoms with van der Waals surface area (Å²) in [5.41, 5.74) is 0.637. The summed E-state index contributed by atoms with van der Waals surface area (Å²) < 4.78 is 53.2. The van der Waals surface area contributed by atoms with Crippen molar-refractivity contribution in [2.24, 2.45) is 0 Å². The van der Waals surface area contributed by atoms with E-state index in [4.69, 9.17) is 0 Å². The van der Waals surface area contributed by atoms with Crippen LogP contribution in [0.3, 0.4) is 0 Å². The lowest BCUT2D eigenvalue weighted by Crippen LogP contribution is -2.39. The lowest BCUT2D eigenvalue weighted by Gasteiger charge is -2.28. The molecule has 0 spiro atoms. The van der Waals surface area contributed by atoms with E-state index in [-0.39, 0.29) is 11.6 Å². The van der Waals surface area contributed by atoms with Gasteiger partial charge in [-0.05, 0) is 42.7 Å². The summed E-state index contributed by atoms with van der Waals surface area (Å²) in [7, 11) is -4.02. The van der Waals surface area contributed by atoms with E-state index in [0.29, 0.717) is 18.4 Å². The van der Waals surface area contributed by atoms with Crippen LogP contribution in [0.1, 0.15) is 24.4 Å². The van der Waals surface area contributed by atoms with Crippen molar-refractivity contribution in [1.82, 2.24) is 9.29 Å². The number of aromatic nitrogens is 1. The van der Waals surface area contributed by atoms with Crippen molar-refractivity contribution >= 4 is 10.0 Å². The molecule has 24 heavy (non-hydrogen) atoms. The number of halogens is 2. The van der Waals surface area contributed by atoms with Crippen LogP contribution < -0.4 is 0 Å². The summed E-state index contributed by atoms with van der Waals surface area (Å²) in [6.07, 6.45) is 1.81. The van der Waals surface area contributed by atoms with Gasteiger partial charge in [-0.2, -0.15) is 4.31 Å². The molecule has 3 rings (SSSR count). The third-order valence-corrected chi connectivity index (χ3v) is 6.03. The molecule has 128 valence electrons. The van der Waals surface area contributed by atoms with Gasteiger partial charge in [0.1, 0.15) is 11.6 Å². The molecule has 0 unspecified atom stereocenters. The Kier molecular flexibility index (Phi) is 4.62. The van der Waals surface area contributed by atoms with Gasteiger partial charge in [-0.1, -0.05) is 12.1 Å². The van der Waals surface area contributed by atoms with Gasteiger partial charge in [0.25, 0.3) is 10.0 Å². The molecule has 0 aliphatic carbocycles. The molecule has 2 aromatic rings. The molecular weight excluding hydrogens is 338 g/mol. The highest BCUT2D eigenvalue weighted by atomic mass is 32.2. The zero-order chi connectivity index (χ0) is 17.3. The van der Waals surface area contributed by atoms with Crippen LogP contribution in [-0.4, -0.2) is 35.5 Å². The quantitative estimate of drug-likeness (QED) is 0.914. The second kappa shape index (κ2) is 6.54. The minimum atomic E-state index is -4.02. The van der Waals surface area contributed by atoms with E-state index < -0.39 is 33.7 Å². The van der Waals surface area contributed by atoms with Gasteiger partial charge in [-0.15, -0.1) is 0 Å². The predicted octanol–water partition coefficient (Wildman–Crippen LogP) is 2.25. The van der Waals surface area contributed by atoms with E-state index in [1.807, 2.05) is 0 Å². The first kappa shape index (κ1) is 16.9. The summed E-state index contributed by atoms with van der Waals surface area (Å²) in [5, 5.41) is 9.27.